The fourth-order valence-corrected chi connectivity index (χ4v) is 2.14. The zero-order valence-electron chi connectivity index (χ0n) is 12.7. The van der Waals surface area contributed by atoms with Crippen LogP contribution in [0.5, 0.6) is 5.75 Å². The second-order valence-corrected chi connectivity index (χ2v) is 5.41. The van der Waals surface area contributed by atoms with Gasteiger partial charge in [-0.05, 0) is 54.7 Å². The van der Waals surface area contributed by atoms with Crippen LogP contribution in [0.3, 0.4) is 0 Å². The molecule has 21 heavy (non-hydrogen) atoms. The van der Waals surface area contributed by atoms with Crippen molar-refractivity contribution in [1.29, 1.82) is 0 Å². The van der Waals surface area contributed by atoms with Gasteiger partial charge in [-0.1, -0.05) is 32.0 Å². The molecule has 0 aliphatic carbocycles. The number of carbonyl (C=O) groups is 1. The molecule has 0 aromatic heterocycles. The molecule has 3 nitrogen and oxygen atoms in total. The van der Waals surface area contributed by atoms with Crippen molar-refractivity contribution in [2.75, 3.05) is 5.32 Å². The summed E-state index contributed by atoms with van der Waals surface area (Å²) in [6, 6.07) is 12.8. The van der Waals surface area contributed by atoms with Crippen LogP contribution in [0.15, 0.2) is 42.5 Å². The molecule has 0 radical (unpaired) electrons. The number of aryl methyl sites for hydroxylation is 1. The first kappa shape index (κ1) is 15.1. The summed E-state index contributed by atoms with van der Waals surface area (Å²) in [6.07, 6.45) is 1.07. The van der Waals surface area contributed by atoms with E-state index in [2.05, 4.69) is 19.2 Å². The molecule has 2 rings (SSSR count). The molecule has 1 amide bonds. The van der Waals surface area contributed by atoms with Crippen molar-refractivity contribution in [2.45, 2.75) is 33.1 Å². The summed E-state index contributed by atoms with van der Waals surface area (Å²) in [5.41, 5.74) is 3.19. The lowest BCUT2D eigenvalue weighted by molar-refractivity contribution is 0.102. The number of benzene rings is 2. The number of phenols is 1. The Bertz CT molecular complexity index is 632. The van der Waals surface area contributed by atoms with Crippen molar-refractivity contribution in [3.8, 4) is 5.75 Å². The van der Waals surface area contributed by atoms with Crippen LogP contribution in [0.4, 0.5) is 5.69 Å². The van der Waals surface area contributed by atoms with Crippen molar-refractivity contribution < 1.29 is 9.90 Å². The van der Waals surface area contributed by atoms with Gasteiger partial charge in [0.2, 0.25) is 0 Å². The number of nitrogens with one attached hydrogen (secondary N) is 1. The lowest BCUT2D eigenvalue weighted by Gasteiger charge is -2.11. The molecule has 0 aliphatic heterocycles. The van der Waals surface area contributed by atoms with E-state index in [1.165, 1.54) is 5.56 Å². The van der Waals surface area contributed by atoms with Crippen LogP contribution < -0.4 is 5.32 Å². The number of anilines is 1. The Morgan fingerprint density at radius 1 is 1.19 bits per heavy atom. The third kappa shape index (κ3) is 3.63. The lowest BCUT2D eigenvalue weighted by atomic mass is 9.97. The topological polar surface area (TPSA) is 49.3 Å². The van der Waals surface area contributed by atoms with Gasteiger partial charge in [0.05, 0.1) is 5.69 Å². The number of carbonyl (C=O) groups excluding carboxylic acids is 1. The standard InChI is InChI=1S/C18H21NO2/c1-4-13(3)14-6-8-15(9-7-14)18(21)19-16-10-5-12(2)11-17(16)20/h5-11,13,20H,4H2,1-3H3,(H,19,21). The Kier molecular flexibility index (Phi) is 4.63. The van der Waals surface area contributed by atoms with Crippen LogP contribution in [0.25, 0.3) is 0 Å². The van der Waals surface area contributed by atoms with Crippen LogP contribution in [0.1, 0.15) is 47.7 Å². The first-order chi connectivity index (χ1) is 10.0. The maximum atomic E-state index is 12.2. The van der Waals surface area contributed by atoms with E-state index >= 15 is 0 Å². The highest BCUT2D eigenvalue weighted by Gasteiger charge is 2.10. The van der Waals surface area contributed by atoms with Gasteiger partial charge in [0.25, 0.3) is 5.91 Å². The number of phenolic OH excluding ortho intramolecular Hbond substituents is 1. The summed E-state index contributed by atoms with van der Waals surface area (Å²) in [5, 5.41) is 12.5. The molecule has 3 heteroatoms. The largest absolute Gasteiger partial charge is 0.506 e. The fourth-order valence-electron chi connectivity index (χ4n) is 2.14. The smallest absolute Gasteiger partial charge is 0.255 e. The average Bonchev–Trinajstić information content (AvgIpc) is 2.49. The molecule has 0 saturated carbocycles. The Morgan fingerprint density at radius 2 is 1.86 bits per heavy atom. The van der Waals surface area contributed by atoms with Gasteiger partial charge in [-0.15, -0.1) is 0 Å². The average molecular weight is 283 g/mol. The van der Waals surface area contributed by atoms with E-state index in [0.717, 1.165) is 12.0 Å². The molecule has 0 spiro atoms. The highest BCUT2D eigenvalue weighted by Crippen LogP contribution is 2.25. The summed E-state index contributed by atoms with van der Waals surface area (Å²) in [6.45, 7) is 6.20. The van der Waals surface area contributed by atoms with E-state index < -0.39 is 0 Å². The Balaban J connectivity index is 2.13. The Morgan fingerprint density at radius 3 is 2.43 bits per heavy atom. The molecule has 0 heterocycles. The van der Waals surface area contributed by atoms with Crippen LogP contribution in [0.2, 0.25) is 0 Å². The maximum absolute atomic E-state index is 12.2. The molecule has 0 aliphatic rings. The second kappa shape index (κ2) is 6.44. The molecule has 1 atom stereocenters. The van der Waals surface area contributed by atoms with Crippen LogP contribution in [-0.4, -0.2) is 11.0 Å². The third-order valence-corrected chi connectivity index (χ3v) is 3.76. The van der Waals surface area contributed by atoms with Crippen molar-refractivity contribution in [1.82, 2.24) is 0 Å². The van der Waals surface area contributed by atoms with Gasteiger partial charge in [-0.3, -0.25) is 4.79 Å². The van der Waals surface area contributed by atoms with E-state index in [1.807, 2.05) is 37.3 Å². The molecule has 110 valence electrons. The van der Waals surface area contributed by atoms with Crippen molar-refractivity contribution in [3.05, 3.63) is 59.2 Å². The fraction of sp³-hybridized carbons (Fsp3) is 0.278. The Hall–Kier alpha value is -2.29. The van der Waals surface area contributed by atoms with E-state index in [9.17, 15) is 9.90 Å². The number of rotatable bonds is 4. The van der Waals surface area contributed by atoms with Gasteiger partial charge >= 0.3 is 0 Å². The molecular weight excluding hydrogens is 262 g/mol. The number of aromatic hydroxyl groups is 1. The van der Waals surface area contributed by atoms with Crippen LogP contribution in [-0.2, 0) is 0 Å². The van der Waals surface area contributed by atoms with Crippen molar-refractivity contribution in [2.24, 2.45) is 0 Å². The van der Waals surface area contributed by atoms with Gasteiger partial charge in [-0.25, -0.2) is 0 Å². The molecule has 2 aromatic carbocycles. The predicted octanol–water partition coefficient (Wildman–Crippen LogP) is 4.47. The van der Waals surface area contributed by atoms with Crippen LogP contribution >= 0.6 is 0 Å². The second-order valence-electron chi connectivity index (χ2n) is 5.41. The van der Waals surface area contributed by atoms with E-state index in [1.54, 1.807) is 12.1 Å². The van der Waals surface area contributed by atoms with Crippen molar-refractivity contribution >= 4 is 11.6 Å². The van der Waals surface area contributed by atoms with Gasteiger partial charge in [-0.2, -0.15) is 0 Å². The highest BCUT2D eigenvalue weighted by atomic mass is 16.3. The number of hydrogen-bond acceptors (Lipinski definition) is 2. The molecule has 1 unspecified atom stereocenters. The maximum Gasteiger partial charge on any atom is 0.255 e. The molecule has 2 aromatic rings. The molecule has 0 saturated heterocycles. The first-order valence-corrected chi connectivity index (χ1v) is 7.22. The minimum Gasteiger partial charge on any atom is -0.506 e. The summed E-state index contributed by atoms with van der Waals surface area (Å²) in [7, 11) is 0. The Labute approximate surface area is 125 Å². The summed E-state index contributed by atoms with van der Waals surface area (Å²) in [4.78, 5) is 12.2. The SMILES string of the molecule is CCC(C)c1ccc(C(=O)Nc2ccc(C)cc2O)cc1. The van der Waals surface area contributed by atoms with E-state index in [0.29, 0.717) is 17.2 Å². The molecule has 2 N–H and O–H groups in total. The predicted molar refractivity (Wildman–Crippen MR) is 85.9 cm³/mol. The van der Waals surface area contributed by atoms with E-state index in [4.69, 9.17) is 0 Å². The van der Waals surface area contributed by atoms with Gasteiger partial charge in [0, 0.05) is 5.56 Å². The normalized spacial score (nSPS) is 12.0. The van der Waals surface area contributed by atoms with E-state index in [-0.39, 0.29) is 11.7 Å². The summed E-state index contributed by atoms with van der Waals surface area (Å²) >= 11 is 0. The quantitative estimate of drug-likeness (QED) is 0.813. The summed E-state index contributed by atoms with van der Waals surface area (Å²) < 4.78 is 0. The molecule has 0 bridgehead atoms. The lowest BCUT2D eigenvalue weighted by Crippen LogP contribution is -2.12. The highest BCUT2D eigenvalue weighted by molar-refractivity contribution is 6.05. The van der Waals surface area contributed by atoms with Gasteiger partial charge in [0.15, 0.2) is 0 Å². The van der Waals surface area contributed by atoms with Crippen molar-refractivity contribution in [3.63, 3.8) is 0 Å². The minimum absolute atomic E-state index is 0.0829. The zero-order chi connectivity index (χ0) is 15.4. The monoisotopic (exact) mass is 283 g/mol. The van der Waals surface area contributed by atoms with Gasteiger partial charge in [0.1, 0.15) is 5.75 Å². The first-order valence-electron chi connectivity index (χ1n) is 7.22. The number of amides is 1. The minimum atomic E-state index is -0.218. The third-order valence-electron chi connectivity index (χ3n) is 3.76. The summed E-state index contributed by atoms with van der Waals surface area (Å²) in [5.74, 6) is 0.354. The zero-order valence-corrected chi connectivity index (χ0v) is 12.7. The van der Waals surface area contributed by atoms with Gasteiger partial charge < -0.3 is 10.4 Å². The molecular formula is C18H21NO2. The molecule has 0 fully saturated rings. The van der Waals surface area contributed by atoms with Crippen LogP contribution in [0, 0.1) is 6.92 Å². The number of hydrogen-bond donors (Lipinski definition) is 2.